The molecular formula is C20H22N2O7. The van der Waals surface area contributed by atoms with Crippen LogP contribution in [0.25, 0.3) is 0 Å². The van der Waals surface area contributed by atoms with Crippen molar-refractivity contribution < 1.29 is 28.7 Å². The van der Waals surface area contributed by atoms with Crippen molar-refractivity contribution in [3.8, 4) is 11.5 Å². The summed E-state index contributed by atoms with van der Waals surface area (Å²) in [6, 6.07) is 11.1. The second kappa shape index (κ2) is 10.1. The van der Waals surface area contributed by atoms with Gasteiger partial charge in [-0.2, -0.15) is 0 Å². The van der Waals surface area contributed by atoms with E-state index in [1.165, 1.54) is 26.2 Å². The molecule has 0 aliphatic heterocycles. The van der Waals surface area contributed by atoms with Crippen molar-refractivity contribution in [3.05, 3.63) is 58.1 Å². The Morgan fingerprint density at radius 2 is 1.86 bits per heavy atom. The van der Waals surface area contributed by atoms with Gasteiger partial charge in [-0.3, -0.25) is 14.9 Å². The Hall–Kier alpha value is -3.62. The normalized spacial score (nSPS) is 11.3. The average Bonchev–Trinajstić information content (AvgIpc) is 2.72. The molecule has 2 rings (SSSR count). The number of nitro benzene ring substituents is 1. The number of amides is 1. The maximum Gasteiger partial charge on any atom is 0.344 e. The highest BCUT2D eigenvalue weighted by molar-refractivity contribution is 5.96. The van der Waals surface area contributed by atoms with E-state index < -0.39 is 22.9 Å². The molecule has 9 heteroatoms. The number of carbonyl (C=O) groups is 2. The predicted molar refractivity (Wildman–Crippen MR) is 105 cm³/mol. The third-order valence-electron chi connectivity index (χ3n) is 4.02. The predicted octanol–water partition coefficient (Wildman–Crippen LogP) is 3.12. The van der Waals surface area contributed by atoms with Gasteiger partial charge in [0.25, 0.3) is 11.6 Å². The monoisotopic (exact) mass is 402 g/mol. The topological polar surface area (TPSA) is 117 Å². The van der Waals surface area contributed by atoms with Crippen LogP contribution in [-0.2, 0) is 20.7 Å². The first kappa shape index (κ1) is 21.7. The molecule has 29 heavy (non-hydrogen) atoms. The number of non-ortho nitro benzene ring substituents is 1. The zero-order valence-corrected chi connectivity index (χ0v) is 16.3. The molecular weight excluding hydrogens is 380 g/mol. The second-order valence-corrected chi connectivity index (χ2v) is 6.05. The molecule has 154 valence electrons. The van der Waals surface area contributed by atoms with Gasteiger partial charge in [0.2, 0.25) is 0 Å². The molecule has 1 amide bonds. The van der Waals surface area contributed by atoms with Crippen molar-refractivity contribution in [3.63, 3.8) is 0 Å². The summed E-state index contributed by atoms with van der Waals surface area (Å²) >= 11 is 0. The number of benzene rings is 2. The summed E-state index contributed by atoms with van der Waals surface area (Å²) < 4.78 is 15.5. The largest absolute Gasteiger partial charge is 0.495 e. The van der Waals surface area contributed by atoms with Crippen LogP contribution in [0.5, 0.6) is 11.5 Å². The minimum absolute atomic E-state index is 0.0989. The molecule has 0 aromatic heterocycles. The van der Waals surface area contributed by atoms with E-state index >= 15 is 0 Å². The van der Waals surface area contributed by atoms with E-state index in [2.05, 4.69) is 5.32 Å². The zero-order valence-electron chi connectivity index (χ0n) is 16.3. The molecule has 9 nitrogen and oxygen atoms in total. The minimum Gasteiger partial charge on any atom is -0.495 e. The summed E-state index contributed by atoms with van der Waals surface area (Å²) in [6.07, 6.45) is -0.248. The fraction of sp³-hybridized carbons (Fsp3) is 0.300. The maximum atomic E-state index is 12.3. The van der Waals surface area contributed by atoms with Crippen LogP contribution in [0.15, 0.2) is 42.5 Å². The number of ether oxygens (including phenoxy) is 3. The molecule has 1 N–H and O–H groups in total. The van der Waals surface area contributed by atoms with Gasteiger partial charge in [0.15, 0.2) is 12.7 Å². The van der Waals surface area contributed by atoms with Gasteiger partial charge >= 0.3 is 5.97 Å². The van der Waals surface area contributed by atoms with Crippen LogP contribution in [0.3, 0.4) is 0 Å². The van der Waals surface area contributed by atoms with Crippen molar-refractivity contribution in [2.24, 2.45) is 0 Å². The summed E-state index contributed by atoms with van der Waals surface area (Å²) in [5, 5.41) is 13.4. The third-order valence-corrected chi connectivity index (χ3v) is 4.02. The number of esters is 1. The van der Waals surface area contributed by atoms with E-state index in [9.17, 15) is 19.7 Å². The fourth-order valence-electron chi connectivity index (χ4n) is 2.39. The number of nitrogens with one attached hydrogen (secondary N) is 1. The number of hydrogen-bond donors (Lipinski definition) is 1. The van der Waals surface area contributed by atoms with Gasteiger partial charge in [0, 0.05) is 12.1 Å². The lowest BCUT2D eigenvalue weighted by molar-refractivity contribution is -0.384. The molecule has 1 atom stereocenters. The first-order valence-corrected chi connectivity index (χ1v) is 8.88. The molecule has 0 spiro atoms. The smallest absolute Gasteiger partial charge is 0.344 e. The van der Waals surface area contributed by atoms with Gasteiger partial charge < -0.3 is 19.5 Å². The number of nitro groups is 1. The molecule has 0 unspecified atom stereocenters. The highest BCUT2D eigenvalue weighted by atomic mass is 16.6. The van der Waals surface area contributed by atoms with Gasteiger partial charge in [-0.15, -0.1) is 0 Å². The van der Waals surface area contributed by atoms with Gasteiger partial charge in [-0.25, -0.2) is 4.79 Å². The van der Waals surface area contributed by atoms with Crippen LogP contribution in [0.2, 0.25) is 0 Å². The number of anilines is 1. The summed E-state index contributed by atoms with van der Waals surface area (Å²) in [7, 11) is 1.37. The summed E-state index contributed by atoms with van der Waals surface area (Å²) in [6.45, 7) is 3.05. The number of rotatable bonds is 9. The van der Waals surface area contributed by atoms with Crippen LogP contribution < -0.4 is 14.8 Å². The van der Waals surface area contributed by atoms with Crippen molar-refractivity contribution >= 4 is 23.3 Å². The lowest BCUT2D eigenvalue weighted by Crippen LogP contribution is -2.31. The van der Waals surface area contributed by atoms with E-state index in [4.69, 9.17) is 14.2 Å². The Bertz CT molecular complexity index is 881. The molecule has 0 heterocycles. The van der Waals surface area contributed by atoms with E-state index in [-0.39, 0.29) is 23.7 Å². The summed E-state index contributed by atoms with van der Waals surface area (Å²) in [4.78, 5) is 34.5. The minimum atomic E-state index is -1.14. The zero-order chi connectivity index (χ0) is 21.4. The molecule has 0 radical (unpaired) electrons. The average molecular weight is 402 g/mol. The molecule has 2 aromatic carbocycles. The van der Waals surface area contributed by atoms with E-state index in [0.717, 1.165) is 18.1 Å². The maximum absolute atomic E-state index is 12.3. The van der Waals surface area contributed by atoms with Crippen LogP contribution in [0.4, 0.5) is 11.4 Å². The Morgan fingerprint density at radius 3 is 2.45 bits per heavy atom. The summed E-state index contributed by atoms with van der Waals surface area (Å²) in [5.41, 5.74) is 1.02. The highest BCUT2D eigenvalue weighted by Gasteiger charge is 2.21. The van der Waals surface area contributed by atoms with E-state index in [1.807, 2.05) is 19.1 Å². The molecule has 0 aliphatic rings. The molecule has 0 fully saturated rings. The van der Waals surface area contributed by atoms with Gasteiger partial charge in [-0.1, -0.05) is 19.1 Å². The second-order valence-electron chi connectivity index (χ2n) is 6.05. The SMILES string of the molecule is CCc1ccc(OCC(=O)O[C@@H](C)C(=O)Nc2cc([N+](=O)[O-])ccc2OC)cc1. The van der Waals surface area contributed by atoms with Crippen LogP contribution in [0.1, 0.15) is 19.4 Å². The van der Waals surface area contributed by atoms with Crippen LogP contribution in [0, 0.1) is 10.1 Å². The van der Waals surface area contributed by atoms with Gasteiger partial charge in [-0.05, 0) is 37.1 Å². The van der Waals surface area contributed by atoms with Gasteiger partial charge in [0.05, 0.1) is 17.7 Å². The molecule has 0 aliphatic carbocycles. The lowest BCUT2D eigenvalue weighted by Gasteiger charge is -2.15. The van der Waals surface area contributed by atoms with Crippen molar-refractivity contribution in [2.45, 2.75) is 26.4 Å². The lowest BCUT2D eigenvalue weighted by atomic mass is 10.2. The number of aryl methyl sites for hydroxylation is 1. The molecule has 0 bridgehead atoms. The first-order valence-electron chi connectivity index (χ1n) is 8.88. The Morgan fingerprint density at radius 1 is 1.17 bits per heavy atom. The molecule has 0 saturated carbocycles. The molecule has 2 aromatic rings. The van der Waals surface area contributed by atoms with Crippen molar-refractivity contribution in [2.75, 3.05) is 19.0 Å². The highest BCUT2D eigenvalue weighted by Crippen LogP contribution is 2.29. The Labute approximate surface area is 167 Å². The van der Waals surface area contributed by atoms with Gasteiger partial charge in [0.1, 0.15) is 11.5 Å². The van der Waals surface area contributed by atoms with Crippen molar-refractivity contribution in [1.82, 2.24) is 0 Å². The van der Waals surface area contributed by atoms with E-state index in [1.54, 1.807) is 12.1 Å². The number of nitrogens with zero attached hydrogens (tertiary/aromatic N) is 1. The van der Waals surface area contributed by atoms with Crippen LogP contribution >= 0.6 is 0 Å². The quantitative estimate of drug-likeness (QED) is 0.389. The number of carbonyl (C=O) groups excluding carboxylic acids is 2. The molecule has 0 saturated heterocycles. The van der Waals surface area contributed by atoms with Crippen molar-refractivity contribution in [1.29, 1.82) is 0 Å². The fourth-order valence-corrected chi connectivity index (χ4v) is 2.39. The first-order chi connectivity index (χ1) is 13.8. The standard InChI is InChI=1S/C20H22N2O7/c1-4-14-5-8-16(9-6-14)28-12-19(23)29-13(2)20(24)21-17-11-15(22(25)26)7-10-18(17)27-3/h5-11,13H,4,12H2,1-3H3,(H,21,24)/t13-/m0/s1. The number of hydrogen-bond acceptors (Lipinski definition) is 7. The third kappa shape index (κ3) is 6.20. The Balaban J connectivity index is 1.91. The number of methoxy groups -OCH3 is 1. The van der Waals surface area contributed by atoms with E-state index in [0.29, 0.717) is 5.75 Å². The summed E-state index contributed by atoms with van der Waals surface area (Å²) in [5.74, 6) is -0.637. The Kier molecular flexibility index (Phi) is 7.53. The van der Waals surface area contributed by atoms with Crippen LogP contribution in [-0.4, -0.2) is 36.6 Å².